The Balaban J connectivity index is 1.04. The average Bonchev–Trinajstić information content (AvgIpc) is 3.99. The summed E-state index contributed by atoms with van der Waals surface area (Å²) in [7, 11) is 0. The molecular formula is C61H45NO. The molecule has 10 aromatic rings. The van der Waals surface area contributed by atoms with Gasteiger partial charge in [0, 0.05) is 50.3 Å². The summed E-state index contributed by atoms with van der Waals surface area (Å²) in [6, 6.07) is 74.4. The fourth-order valence-electron chi connectivity index (χ4n) is 12.0. The molecule has 0 saturated heterocycles. The largest absolute Gasteiger partial charge is 0.456 e. The molecule has 0 amide bonds. The third-order valence-corrected chi connectivity index (χ3v) is 15.0. The van der Waals surface area contributed by atoms with Crippen LogP contribution in [0.4, 0.5) is 17.1 Å². The van der Waals surface area contributed by atoms with Crippen molar-refractivity contribution < 1.29 is 4.42 Å². The Bertz CT molecular complexity index is 3380. The van der Waals surface area contributed by atoms with E-state index in [4.69, 9.17) is 4.42 Å². The van der Waals surface area contributed by atoms with Crippen LogP contribution in [-0.4, -0.2) is 0 Å². The standard InChI is InChI=1S/C61H45NO/c1-59(2)50-24-12-8-19-42(50)46-32-29-39(35-55(46)59)62(40-30-33-47-43-20-9-13-25-51(43)60(3,4)56(47)36-40)41-31-34-48-49-23-16-28-54(58(49)63-57(48)37-41)61(38-17-6-5-7-18-38)52-26-14-10-21-44(52)45-22-11-15-27-53(45)61/h5-37H,1-4H3. The van der Waals surface area contributed by atoms with E-state index >= 15 is 0 Å². The van der Waals surface area contributed by atoms with Gasteiger partial charge >= 0.3 is 0 Å². The zero-order valence-corrected chi connectivity index (χ0v) is 35.9. The fraction of sp³-hybridized carbons (Fsp3) is 0.115. The number of para-hydroxylation sites is 1. The van der Waals surface area contributed by atoms with Gasteiger partial charge in [0.1, 0.15) is 11.2 Å². The lowest BCUT2D eigenvalue weighted by atomic mass is 9.67. The molecule has 0 unspecified atom stereocenters. The van der Waals surface area contributed by atoms with Crippen molar-refractivity contribution in [1.29, 1.82) is 0 Å². The van der Waals surface area contributed by atoms with Gasteiger partial charge < -0.3 is 9.32 Å². The molecule has 300 valence electrons. The number of rotatable bonds is 5. The van der Waals surface area contributed by atoms with Crippen molar-refractivity contribution in [3.8, 4) is 33.4 Å². The molecular weight excluding hydrogens is 763 g/mol. The van der Waals surface area contributed by atoms with Gasteiger partial charge in [-0.1, -0.05) is 185 Å². The van der Waals surface area contributed by atoms with Crippen LogP contribution in [0.5, 0.6) is 0 Å². The van der Waals surface area contributed by atoms with Crippen LogP contribution in [0.3, 0.4) is 0 Å². The molecule has 0 saturated carbocycles. The molecule has 13 rings (SSSR count). The van der Waals surface area contributed by atoms with Gasteiger partial charge in [-0.3, -0.25) is 0 Å². The van der Waals surface area contributed by atoms with Crippen molar-refractivity contribution in [2.45, 2.75) is 43.9 Å². The smallest absolute Gasteiger partial charge is 0.140 e. The first-order valence-electron chi connectivity index (χ1n) is 22.3. The molecule has 9 aromatic carbocycles. The Morgan fingerprint density at radius 3 is 1.32 bits per heavy atom. The normalized spacial score (nSPS) is 15.4. The van der Waals surface area contributed by atoms with Crippen LogP contribution < -0.4 is 4.90 Å². The molecule has 0 bridgehead atoms. The van der Waals surface area contributed by atoms with Gasteiger partial charge in [0.2, 0.25) is 0 Å². The number of anilines is 3. The van der Waals surface area contributed by atoms with Crippen LogP contribution in [0.2, 0.25) is 0 Å². The number of fused-ring (bicyclic) bond motifs is 12. The number of nitrogens with zero attached hydrogens (tertiary/aromatic N) is 1. The van der Waals surface area contributed by atoms with Crippen LogP contribution >= 0.6 is 0 Å². The van der Waals surface area contributed by atoms with Gasteiger partial charge in [-0.15, -0.1) is 0 Å². The minimum Gasteiger partial charge on any atom is -0.456 e. The number of furan rings is 1. The van der Waals surface area contributed by atoms with Gasteiger partial charge in [0.25, 0.3) is 0 Å². The van der Waals surface area contributed by atoms with E-state index in [2.05, 4.69) is 233 Å². The Morgan fingerprint density at radius 2 is 0.762 bits per heavy atom. The van der Waals surface area contributed by atoms with Gasteiger partial charge in [-0.2, -0.15) is 0 Å². The molecule has 0 aliphatic heterocycles. The first-order valence-corrected chi connectivity index (χ1v) is 22.3. The molecule has 1 aromatic heterocycles. The zero-order chi connectivity index (χ0) is 42.2. The SMILES string of the molecule is CC1(C)c2ccccc2-c2ccc(N(c3ccc4c(c3)C(C)(C)c3ccccc3-4)c3ccc4c(c3)oc3c(C5(c6ccccc6)c6ccccc6-c6ccccc65)cccc34)cc21. The molecule has 0 N–H and O–H groups in total. The second-order valence-electron chi connectivity index (χ2n) is 18.8. The van der Waals surface area contributed by atoms with Crippen molar-refractivity contribution in [2.24, 2.45) is 0 Å². The highest BCUT2D eigenvalue weighted by molar-refractivity contribution is 6.08. The number of benzene rings is 9. The summed E-state index contributed by atoms with van der Waals surface area (Å²) in [5.74, 6) is 0. The Kier molecular flexibility index (Phi) is 7.37. The van der Waals surface area contributed by atoms with Crippen LogP contribution in [0, 0.1) is 0 Å². The second kappa shape index (κ2) is 12.8. The van der Waals surface area contributed by atoms with Crippen LogP contribution in [0.15, 0.2) is 205 Å². The third kappa shape index (κ3) is 4.79. The molecule has 0 atom stereocenters. The summed E-state index contributed by atoms with van der Waals surface area (Å²) >= 11 is 0. The number of hydrogen-bond acceptors (Lipinski definition) is 2. The lowest BCUT2D eigenvalue weighted by Crippen LogP contribution is -2.28. The zero-order valence-electron chi connectivity index (χ0n) is 35.9. The summed E-state index contributed by atoms with van der Waals surface area (Å²) in [4.78, 5) is 2.45. The summed E-state index contributed by atoms with van der Waals surface area (Å²) < 4.78 is 7.31. The highest BCUT2D eigenvalue weighted by Crippen LogP contribution is 2.58. The van der Waals surface area contributed by atoms with Crippen LogP contribution in [0.1, 0.15) is 72.2 Å². The molecule has 0 radical (unpaired) electrons. The predicted octanol–water partition coefficient (Wildman–Crippen LogP) is 16.0. The topological polar surface area (TPSA) is 16.4 Å². The average molecular weight is 808 g/mol. The van der Waals surface area contributed by atoms with Gasteiger partial charge in [-0.05, 0) is 109 Å². The van der Waals surface area contributed by atoms with Crippen molar-refractivity contribution in [3.63, 3.8) is 0 Å². The maximum Gasteiger partial charge on any atom is 0.140 e. The van der Waals surface area contributed by atoms with E-state index in [1.165, 1.54) is 72.3 Å². The Morgan fingerprint density at radius 1 is 0.333 bits per heavy atom. The van der Waals surface area contributed by atoms with E-state index in [-0.39, 0.29) is 10.8 Å². The first kappa shape index (κ1) is 36.3. The predicted molar refractivity (Wildman–Crippen MR) is 261 cm³/mol. The Labute approximate surface area is 368 Å². The maximum absolute atomic E-state index is 7.31. The van der Waals surface area contributed by atoms with E-state index in [1.54, 1.807) is 0 Å². The summed E-state index contributed by atoms with van der Waals surface area (Å²) in [5.41, 5.74) is 22.4. The molecule has 63 heavy (non-hydrogen) atoms. The molecule has 0 fully saturated rings. The van der Waals surface area contributed by atoms with Crippen LogP contribution in [0.25, 0.3) is 55.3 Å². The molecule has 2 nitrogen and oxygen atoms in total. The molecule has 1 heterocycles. The molecule has 3 aliphatic rings. The lowest BCUT2D eigenvalue weighted by molar-refractivity contribution is 0.648. The van der Waals surface area contributed by atoms with Crippen molar-refractivity contribution in [3.05, 3.63) is 245 Å². The van der Waals surface area contributed by atoms with E-state index in [0.717, 1.165) is 44.6 Å². The van der Waals surface area contributed by atoms with Crippen LogP contribution in [-0.2, 0) is 16.2 Å². The monoisotopic (exact) mass is 807 g/mol. The second-order valence-corrected chi connectivity index (χ2v) is 18.8. The highest BCUT2D eigenvalue weighted by Gasteiger charge is 2.47. The quantitative estimate of drug-likeness (QED) is 0.172. The van der Waals surface area contributed by atoms with Gasteiger partial charge in [-0.25, -0.2) is 0 Å². The Hall–Kier alpha value is -7.42. The molecule has 3 aliphatic carbocycles. The highest BCUT2D eigenvalue weighted by atomic mass is 16.3. The first-order chi connectivity index (χ1) is 30.8. The van der Waals surface area contributed by atoms with E-state index in [9.17, 15) is 0 Å². The summed E-state index contributed by atoms with van der Waals surface area (Å²) in [6.45, 7) is 9.45. The minimum atomic E-state index is -0.569. The van der Waals surface area contributed by atoms with Crippen molar-refractivity contribution in [1.82, 2.24) is 0 Å². The summed E-state index contributed by atoms with van der Waals surface area (Å²) in [6.07, 6.45) is 0. The molecule has 2 heteroatoms. The fourth-order valence-corrected chi connectivity index (χ4v) is 12.0. The minimum absolute atomic E-state index is 0.138. The van der Waals surface area contributed by atoms with E-state index in [1.807, 2.05) is 0 Å². The van der Waals surface area contributed by atoms with Crippen molar-refractivity contribution >= 4 is 39.0 Å². The number of hydrogen-bond donors (Lipinski definition) is 0. The van der Waals surface area contributed by atoms with Crippen molar-refractivity contribution in [2.75, 3.05) is 4.90 Å². The third-order valence-electron chi connectivity index (χ3n) is 15.0. The van der Waals surface area contributed by atoms with E-state index in [0.29, 0.717) is 0 Å². The molecule has 0 spiro atoms. The van der Waals surface area contributed by atoms with Gasteiger partial charge in [0.05, 0.1) is 5.41 Å². The van der Waals surface area contributed by atoms with E-state index < -0.39 is 5.41 Å². The van der Waals surface area contributed by atoms with Gasteiger partial charge in [0.15, 0.2) is 0 Å². The summed E-state index contributed by atoms with van der Waals surface area (Å²) in [5, 5.41) is 2.22. The lowest BCUT2D eigenvalue weighted by Gasteiger charge is -2.33. The maximum atomic E-state index is 7.31.